The third-order valence-corrected chi connectivity index (χ3v) is 5.22. The van der Waals surface area contributed by atoms with E-state index in [9.17, 15) is 18.0 Å². The van der Waals surface area contributed by atoms with Gasteiger partial charge in [-0.3, -0.25) is 9.59 Å². The third kappa shape index (κ3) is 4.90. The zero-order valence-corrected chi connectivity index (χ0v) is 15.1. The monoisotopic (exact) mass is 360 g/mol. The Balaban J connectivity index is 2.23. The molecule has 0 aromatic heterocycles. The quantitative estimate of drug-likeness (QED) is 0.857. The van der Waals surface area contributed by atoms with E-state index in [1.54, 1.807) is 30.3 Å². The number of carbonyl (C=O) groups excluding carboxylic acids is 2. The molecule has 0 spiro atoms. The molecule has 1 unspecified atom stereocenters. The van der Waals surface area contributed by atoms with Crippen LogP contribution in [0.15, 0.2) is 48.5 Å². The highest BCUT2D eigenvalue weighted by Crippen LogP contribution is 2.19. The molecule has 7 heteroatoms. The van der Waals surface area contributed by atoms with Crippen LogP contribution in [0.3, 0.4) is 0 Å². The fourth-order valence-corrected chi connectivity index (χ4v) is 2.59. The van der Waals surface area contributed by atoms with E-state index >= 15 is 0 Å². The van der Waals surface area contributed by atoms with Crippen LogP contribution in [0.4, 0.5) is 11.4 Å². The Morgan fingerprint density at radius 3 is 2.32 bits per heavy atom. The van der Waals surface area contributed by atoms with Crippen molar-refractivity contribution >= 4 is 33.0 Å². The molecule has 2 amide bonds. The molecule has 1 atom stereocenters. The largest absolute Gasteiger partial charge is 0.324 e. The summed E-state index contributed by atoms with van der Waals surface area (Å²) in [4.78, 5) is 24.6. The van der Waals surface area contributed by atoms with Crippen LogP contribution in [-0.4, -0.2) is 31.7 Å². The second-order valence-corrected chi connectivity index (χ2v) is 8.20. The second-order valence-electron chi connectivity index (χ2n) is 5.83. The van der Waals surface area contributed by atoms with Gasteiger partial charge in [0.15, 0.2) is 9.84 Å². The molecule has 0 aliphatic rings. The number of hydrogen-bond acceptors (Lipinski definition) is 4. The highest BCUT2D eigenvalue weighted by molar-refractivity contribution is 7.92. The average molecular weight is 360 g/mol. The maximum absolute atomic E-state index is 12.5. The van der Waals surface area contributed by atoms with Gasteiger partial charge in [0.05, 0.1) is 11.3 Å². The van der Waals surface area contributed by atoms with Gasteiger partial charge in [0.25, 0.3) is 5.91 Å². The van der Waals surface area contributed by atoms with Gasteiger partial charge in [-0.1, -0.05) is 24.3 Å². The van der Waals surface area contributed by atoms with Crippen molar-refractivity contribution in [1.82, 2.24) is 0 Å². The number of carbonyl (C=O) groups is 2. The number of hydrogen-bond donors (Lipinski definition) is 2. The van der Waals surface area contributed by atoms with Crippen molar-refractivity contribution in [3.63, 3.8) is 0 Å². The number of benzene rings is 2. The number of sulfone groups is 1. The van der Waals surface area contributed by atoms with E-state index in [-0.39, 0.29) is 11.3 Å². The lowest BCUT2D eigenvalue weighted by Gasteiger charge is -2.14. The molecule has 0 aliphatic heterocycles. The molecule has 2 aromatic carbocycles. The number of para-hydroxylation sites is 1. The van der Waals surface area contributed by atoms with E-state index in [1.165, 1.54) is 6.92 Å². The first-order chi connectivity index (χ1) is 11.7. The van der Waals surface area contributed by atoms with Gasteiger partial charge in [0.2, 0.25) is 5.91 Å². The summed E-state index contributed by atoms with van der Waals surface area (Å²) in [6.07, 6.45) is 0.994. The van der Waals surface area contributed by atoms with Crippen LogP contribution in [0, 0.1) is 6.92 Å². The van der Waals surface area contributed by atoms with Crippen LogP contribution in [0.2, 0.25) is 0 Å². The van der Waals surface area contributed by atoms with Crippen LogP contribution in [0.25, 0.3) is 0 Å². The summed E-state index contributed by atoms with van der Waals surface area (Å²) in [5.41, 5.74) is 2.14. The number of rotatable bonds is 5. The molecule has 0 aliphatic carbocycles. The molecule has 0 bridgehead atoms. The lowest BCUT2D eigenvalue weighted by molar-refractivity contribution is -0.115. The lowest BCUT2D eigenvalue weighted by Crippen LogP contribution is -2.32. The van der Waals surface area contributed by atoms with E-state index in [4.69, 9.17) is 0 Å². The van der Waals surface area contributed by atoms with E-state index in [2.05, 4.69) is 10.6 Å². The Kier molecular flexibility index (Phi) is 5.58. The summed E-state index contributed by atoms with van der Waals surface area (Å²) >= 11 is 0. The molecule has 2 N–H and O–H groups in total. The van der Waals surface area contributed by atoms with Gasteiger partial charge < -0.3 is 10.6 Å². The Morgan fingerprint density at radius 1 is 1.00 bits per heavy atom. The molecular weight excluding hydrogens is 340 g/mol. The number of anilines is 2. The zero-order valence-electron chi connectivity index (χ0n) is 14.2. The molecular formula is C18H20N2O4S. The minimum absolute atomic E-state index is 0.248. The van der Waals surface area contributed by atoms with Crippen molar-refractivity contribution in [2.75, 3.05) is 16.9 Å². The van der Waals surface area contributed by atoms with Gasteiger partial charge in [0, 0.05) is 11.9 Å². The van der Waals surface area contributed by atoms with Crippen molar-refractivity contribution in [2.24, 2.45) is 0 Å². The van der Waals surface area contributed by atoms with Crippen LogP contribution < -0.4 is 10.6 Å². The third-order valence-electron chi connectivity index (χ3n) is 3.72. The normalized spacial score (nSPS) is 12.3. The van der Waals surface area contributed by atoms with Gasteiger partial charge in [-0.15, -0.1) is 0 Å². The Morgan fingerprint density at radius 2 is 1.68 bits per heavy atom. The van der Waals surface area contributed by atoms with Gasteiger partial charge in [-0.25, -0.2) is 8.42 Å². The van der Waals surface area contributed by atoms with Crippen LogP contribution in [-0.2, 0) is 14.6 Å². The van der Waals surface area contributed by atoms with E-state index in [0.29, 0.717) is 5.69 Å². The van der Waals surface area contributed by atoms with Gasteiger partial charge in [-0.2, -0.15) is 0 Å². The predicted octanol–water partition coefficient (Wildman–Crippen LogP) is 2.62. The maximum atomic E-state index is 12.5. The molecule has 0 heterocycles. The van der Waals surface area contributed by atoms with Crippen molar-refractivity contribution in [2.45, 2.75) is 19.1 Å². The van der Waals surface area contributed by atoms with Crippen molar-refractivity contribution in [1.29, 1.82) is 0 Å². The Hall–Kier alpha value is -2.67. The summed E-state index contributed by atoms with van der Waals surface area (Å²) < 4.78 is 23.0. The average Bonchev–Trinajstić information content (AvgIpc) is 2.53. The minimum atomic E-state index is -3.52. The standard InChI is InChI=1S/C18H20N2O4S/c1-12-7-6-8-14(11-12)19-18(22)15-9-4-5-10-16(15)20-17(21)13(2)25(3,23)24/h4-11,13H,1-3H3,(H,19,22)(H,20,21). The highest BCUT2D eigenvalue weighted by Gasteiger charge is 2.24. The molecule has 2 aromatic rings. The SMILES string of the molecule is Cc1cccc(NC(=O)c2ccccc2NC(=O)C(C)S(C)(=O)=O)c1. The Bertz CT molecular complexity index is 907. The zero-order chi connectivity index (χ0) is 18.6. The smallest absolute Gasteiger partial charge is 0.257 e. The Labute approximate surface area is 147 Å². The summed E-state index contributed by atoms with van der Waals surface area (Å²) in [5, 5.41) is 4.07. The van der Waals surface area contributed by atoms with Gasteiger partial charge >= 0.3 is 0 Å². The molecule has 132 valence electrons. The molecule has 6 nitrogen and oxygen atoms in total. The topological polar surface area (TPSA) is 92.3 Å². The fraction of sp³-hybridized carbons (Fsp3) is 0.222. The van der Waals surface area contributed by atoms with E-state index < -0.39 is 26.9 Å². The lowest BCUT2D eigenvalue weighted by atomic mass is 10.1. The highest BCUT2D eigenvalue weighted by atomic mass is 32.2. The van der Waals surface area contributed by atoms with Crippen LogP contribution in [0.5, 0.6) is 0 Å². The van der Waals surface area contributed by atoms with Crippen LogP contribution in [0.1, 0.15) is 22.8 Å². The maximum Gasteiger partial charge on any atom is 0.257 e. The van der Waals surface area contributed by atoms with E-state index in [0.717, 1.165) is 11.8 Å². The fourth-order valence-electron chi connectivity index (χ4n) is 2.14. The second kappa shape index (κ2) is 7.48. The number of aryl methyl sites for hydroxylation is 1. The van der Waals surface area contributed by atoms with Gasteiger partial charge in [0.1, 0.15) is 5.25 Å². The van der Waals surface area contributed by atoms with Crippen molar-refractivity contribution in [3.05, 3.63) is 59.7 Å². The number of nitrogens with one attached hydrogen (secondary N) is 2. The minimum Gasteiger partial charge on any atom is -0.324 e. The molecule has 0 saturated carbocycles. The van der Waals surface area contributed by atoms with Gasteiger partial charge in [-0.05, 0) is 43.7 Å². The van der Waals surface area contributed by atoms with Crippen molar-refractivity contribution < 1.29 is 18.0 Å². The number of amides is 2. The summed E-state index contributed by atoms with van der Waals surface area (Å²) in [6.45, 7) is 3.22. The summed E-state index contributed by atoms with van der Waals surface area (Å²) in [5.74, 6) is -1.08. The summed E-state index contributed by atoms with van der Waals surface area (Å²) in [6, 6.07) is 13.8. The molecule has 0 fully saturated rings. The molecule has 25 heavy (non-hydrogen) atoms. The first kappa shape index (κ1) is 18.7. The van der Waals surface area contributed by atoms with Crippen LogP contribution >= 0.6 is 0 Å². The predicted molar refractivity (Wildman–Crippen MR) is 98.5 cm³/mol. The van der Waals surface area contributed by atoms with E-state index in [1.807, 2.05) is 25.1 Å². The van der Waals surface area contributed by atoms with Crippen molar-refractivity contribution in [3.8, 4) is 0 Å². The molecule has 2 rings (SSSR count). The first-order valence-electron chi connectivity index (χ1n) is 7.65. The molecule has 0 saturated heterocycles. The summed E-state index contributed by atoms with van der Waals surface area (Å²) in [7, 11) is -3.52. The molecule has 0 radical (unpaired) electrons. The first-order valence-corrected chi connectivity index (χ1v) is 9.60.